The van der Waals surface area contributed by atoms with Gasteiger partial charge in [0.05, 0.1) is 10.2 Å². The van der Waals surface area contributed by atoms with Gasteiger partial charge in [-0.25, -0.2) is 9.37 Å². The van der Waals surface area contributed by atoms with Crippen molar-refractivity contribution in [2.75, 3.05) is 18.4 Å². The lowest BCUT2D eigenvalue weighted by atomic mass is 10.3. The monoisotopic (exact) mass is 267 g/mol. The number of carbonyl (C=O) groups is 1. The summed E-state index contributed by atoms with van der Waals surface area (Å²) >= 11 is 1.38. The molecule has 1 heterocycles. The van der Waals surface area contributed by atoms with Crippen LogP contribution in [0.4, 0.5) is 9.52 Å². The van der Waals surface area contributed by atoms with E-state index in [9.17, 15) is 9.18 Å². The van der Waals surface area contributed by atoms with Crippen LogP contribution in [0.15, 0.2) is 18.2 Å². The van der Waals surface area contributed by atoms with Gasteiger partial charge in [-0.1, -0.05) is 11.3 Å². The number of rotatable bonds is 5. The van der Waals surface area contributed by atoms with Crippen molar-refractivity contribution in [3.8, 4) is 0 Å². The molecule has 0 fully saturated rings. The number of hydrogen-bond acceptors (Lipinski definition) is 4. The Morgan fingerprint density at radius 1 is 1.50 bits per heavy atom. The number of nitrogens with one attached hydrogen (secondary N) is 2. The molecule has 6 heteroatoms. The van der Waals surface area contributed by atoms with Crippen LogP contribution in [0.1, 0.15) is 13.3 Å². The summed E-state index contributed by atoms with van der Waals surface area (Å²) in [5, 5.41) is 6.50. The summed E-state index contributed by atoms with van der Waals surface area (Å²) < 4.78 is 13.8. The zero-order chi connectivity index (χ0) is 13.0. The number of amides is 1. The van der Waals surface area contributed by atoms with E-state index in [-0.39, 0.29) is 11.7 Å². The summed E-state index contributed by atoms with van der Waals surface area (Å²) in [5.74, 6) is -0.253. The van der Waals surface area contributed by atoms with E-state index in [1.165, 1.54) is 23.5 Å². The van der Waals surface area contributed by atoms with Crippen molar-refractivity contribution in [1.82, 2.24) is 10.3 Å². The Morgan fingerprint density at radius 3 is 3.11 bits per heavy atom. The SMILES string of the molecule is CCNC(=O)CCNc1nc2ccc(F)cc2s1. The molecule has 0 spiro atoms. The zero-order valence-electron chi connectivity index (χ0n) is 10.00. The van der Waals surface area contributed by atoms with Gasteiger partial charge in [-0.15, -0.1) is 0 Å². The lowest BCUT2D eigenvalue weighted by Gasteiger charge is -2.02. The molecule has 0 saturated heterocycles. The van der Waals surface area contributed by atoms with Crippen LogP contribution >= 0.6 is 11.3 Å². The van der Waals surface area contributed by atoms with Gasteiger partial charge in [-0.3, -0.25) is 4.79 Å². The van der Waals surface area contributed by atoms with Crippen LogP contribution < -0.4 is 10.6 Å². The quantitative estimate of drug-likeness (QED) is 0.874. The van der Waals surface area contributed by atoms with E-state index in [2.05, 4.69) is 15.6 Å². The first kappa shape index (κ1) is 12.8. The molecular formula is C12H14FN3OS. The van der Waals surface area contributed by atoms with Gasteiger partial charge >= 0.3 is 0 Å². The molecule has 2 aromatic rings. The number of aromatic nitrogens is 1. The van der Waals surface area contributed by atoms with Crippen molar-refractivity contribution in [3.63, 3.8) is 0 Å². The van der Waals surface area contributed by atoms with Gasteiger partial charge in [0.15, 0.2) is 5.13 Å². The molecule has 0 saturated carbocycles. The molecular weight excluding hydrogens is 253 g/mol. The number of carbonyl (C=O) groups excluding carboxylic acids is 1. The molecule has 96 valence electrons. The van der Waals surface area contributed by atoms with Gasteiger partial charge in [0, 0.05) is 19.5 Å². The standard InChI is InChI=1S/C12H14FN3OS/c1-2-14-11(17)5-6-15-12-16-9-4-3-8(13)7-10(9)18-12/h3-4,7H,2,5-6H2,1H3,(H,14,17)(H,15,16). The number of halogens is 1. The predicted molar refractivity (Wildman–Crippen MR) is 71.4 cm³/mol. The Balaban J connectivity index is 1.94. The summed E-state index contributed by atoms with van der Waals surface area (Å²) in [6.45, 7) is 3.04. The predicted octanol–water partition coefficient (Wildman–Crippen LogP) is 2.37. The fraction of sp³-hybridized carbons (Fsp3) is 0.333. The lowest BCUT2D eigenvalue weighted by molar-refractivity contribution is -0.120. The van der Waals surface area contributed by atoms with Crippen molar-refractivity contribution in [2.45, 2.75) is 13.3 Å². The smallest absolute Gasteiger partial charge is 0.221 e. The molecule has 2 N–H and O–H groups in total. The van der Waals surface area contributed by atoms with Gasteiger partial charge in [-0.05, 0) is 25.1 Å². The minimum absolute atomic E-state index is 0.0113. The Bertz CT molecular complexity index is 555. The lowest BCUT2D eigenvalue weighted by Crippen LogP contribution is -2.24. The average Bonchev–Trinajstić information content (AvgIpc) is 2.71. The summed E-state index contributed by atoms with van der Waals surface area (Å²) in [4.78, 5) is 15.5. The van der Waals surface area contributed by atoms with Crippen LogP contribution in [-0.2, 0) is 4.79 Å². The second-order valence-corrected chi connectivity index (χ2v) is 4.79. The molecule has 18 heavy (non-hydrogen) atoms. The molecule has 4 nitrogen and oxygen atoms in total. The minimum Gasteiger partial charge on any atom is -0.361 e. The first-order valence-corrected chi connectivity index (χ1v) is 6.57. The molecule has 0 atom stereocenters. The molecule has 0 aliphatic carbocycles. The van der Waals surface area contributed by atoms with Gasteiger partial charge in [-0.2, -0.15) is 0 Å². The van der Waals surface area contributed by atoms with E-state index in [0.29, 0.717) is 24.6 Å². The number of thiazole rings is 1. The Kier molecular flexibility index (Phi) is 4.09. The van der Waals surface area contributed by atoms with E-state index < -0.39 is 0 Å². The van der Waals surface area contributed by atoms with Crippen molar-refractivity contribution < 1.29 is 9.18 Å². The van der Waals surface area contributed by atoms with E-state index in [1.807, 2.05) is 6.92 Å². The number of hydrogen-bond donors (Lipinski definition) is 2. The topological polar surface area (TPSA) is 54.0 Å². The first-order valence-electron chi connectivity index (χ1n) is 5.75. The third-order valence-electron chi connectivity index (χ3n) is 2.35. The average molecular weight is 267 g/mol. The number of anilines is 1. The van der Waals surface area contributed by atoms with E-state index >= 15 is 0 Å². The summed E-state index contributed by atoms with van der Waals surface area (Å²) in [5.41, 5.74) is 0.766. The van der Waals surface area contributed by atoms with Crippen molar-refractivity contribution >= 4 is 32.6 Å². The third-order valence-corrected chi connectivity index (χ3v) is 3.33. The molecule has 0 aliphatic heterocycles. The highest BCUT2D eigenvalue weighted by molar-refractivity contribution is 7.22. The minimum atomic E-state index is -0.264. The highest BCUT2D eigenvalue weighted by Crippen LogP contribution is 2.26. The van der Waals surface area contributed by atoms with E-state index in [0.717, 1.165) is 10.2 Å². The van der Waals surface area contributed by atoms with Crippen LogP contribution in [-0.4, -0.2) is 24.0 Å². The van der Waals surface area contributed by atoms with E-state index in [1.54, 1.807) is 6.07 Å². The highest BCUT2D eigenvalue weighted by Gasteiger charge is 2.05. The fourth-order valence-corrected chi connectivity index (χ4v) is 2.46. The maximum absolute atomic E-state index is 13.0. The zero-order valence-corrected chi connectivity index (χ0v) is 10.8. The molecule has 0 radical (unpaired) electrons. The van der Waals surface area contributed by atoms with Crippen LogP contribution in [0.25, 0.3) is 10.2 Å². The molecule has 1 aromatic heterocycles. The summed E-state index contributed by atoms with van der Waals surface area (Å²) in [6.07, 6.45) is 0.401. The number of nitrogens with zero attached hydrogens (tertiary/aromatic N) is 1. The highest BCUT2D eigenvalue weighted by atomic mass is 32.1. The van der Waals surface area contributed by atoms with Gasteiger partial charge in [0.25, 0.3) is 0 Å². The van der Waals surface area contributed by atoms with Crippen molar-refractivity contribution in [3.05, 3.63) is 24.0 Å². The van der Waals surface area contributed by atoms with Crippen LogP contribution in [0.3, 0.4) is 0 Å². The third kappa shape index (κ3) is 3.16. The second kappa shape index (κ2) is 5.77. The van der Waals surface area contributed by atoms with Crippen molar-refractivity contribution in [2.24, 2.45) is 0 Å². The molecule has 2 rings (SSSR count). The van der Waals surface area contributed by atoms with Crippen LogP contribution in [0, 0.1) is 5.82 Å². The van der Waals surface area contributed by atoms with Crippen LogP contribution in [0.2, 0.25) is 0 Å². The largest absolute Gasteiger partial charge is 0.361 e. The number of fused-ring (bicyclic) bond motifs is 1. The molecule has 1 amide bonds. The van der Waals surface area contributed by atoms with Crippen LogP contribution in [0.5, 0.6) is 0 Å². The molecule has 1 aromatic carbocycles. The molecule has 0 bridgehead atoms. The summed E-state index contributed by atoms with van der Waals surface area (Å²) in [7, 11) is 0. The molecule has 0 unspecified atom stereocenters. The van der Waals surface area contributed by atoms with E-state index in [4.69, 9.17) is 0 Å². The Labute approximate surface area is 108 Å². The maximum Gasteiger partial charge on any atom is 0.221 e. The Hall–Kier alpha value is -1.69. The second-order valence-electron chi connectivity index (χ2n) is 3.76. The van der Waals surface area contributed by atoms with Gasteiger partial charge < -0.3 is 10.6 Å². The Morgan fingerprint density at radius 2 is 2.33 bits per heavy atom. The molecule has 0 aliphatic rings. The normalized spacial score (nSPS) is 10.6. The first-order chi connectivity index (χ1) is 8.69. The van der Waals surface area contributed by atoms with Gasteiger partial charge in [0.2, 0.25) is 5.91 Å². The summed E-state index contributed by atoms with van der Waals surface area (Å²) in [6, 6.07) is 4.50. The fourth-order valence-electron chi connectivity index (χ4n) is 1.54. The van der Waals surface area contributed by atoms with Crippen molar-refractivity contribution in [1.29, 1.82) is 0 Å². The number of benzene rings is 1. The van der Waals surface area contributed by atoms with Gasteiger partial charge in [0.1, 0.15) is 5.82 Å². The maximum atomic E-state index is 13.0.